The normalized spacial score (nSPS) is 25.8. The molecule has 5 nitrogen and oxygen atoms in total. The quantitative estimate of drug-likeness (QED) is 0.750. The second-order valence-electron chi connectivity index (χ2n) is 9.57. The van der Waals surface area contributed by atoms with Crippen LogP contribution in [0.15, 0.2) is 46.8 Å². The molecule has 2 atom stereocenters. The summed E-state index contributed by atoms with van der Waals surface area (Å²) in [6, 6.07) is 8.09. The van der Waals surface area contributed by atoms with E-state index >= 15 is 0 Å². The van der Waals surface area contributed by atoms with Crippen molar-refractivity contribution in [2.45, 2.75) is 65.4 Å². The molecule has 0 saturated carbocycles. The van der Waals surface area contributed by atoms with Crippen LogP contribution in [0.5, 0.6) is 0 Å². The van der Waals surface area contributed by atoms with E-state index in [1.165, 1.54) is 0 Å². The zero-order chi connectivity index (χ0) is 21.5. The molecule has 3 aliphatic rings. The lowest BCUT2D eigenvalue weighted by Gasteiger charge is -2.39. The monoisotopic (exact) mass is 409 g/mol. The Morgan fingerprint density at radius 3 is 2.60 bits per heavy atom. The molecule has 2 heterocycles. The topological polar surface area (TPSA) is 64.6 Å². The zero-order valence-electron chi connectivity index (χ0n) is 18.3. The summed E-state index contributed by atoms with van der Waals surface area (Å²) in [4.78, 5) is 26.5. The number of hydrogen-bond acceptors (Lipinski definition) is 5. The maximum absolute atomic E-state index is 13.2. The minimum absolute atomic E-state index is 0.0314. The lowest BCUT2D eigenvalue weighted by Crippen LogP contribution is -2.39. The van der Waals surface area contributed by atoms with Crippen molar-refractivity contribution in [1.29, 1.82) is 0 Å². The number of aryl methyl sites for hydroxylation is 1. The summed E-state index contributed by atoms with van der Waals surface area (Å²) in [6.07, 6.45) is 3.14. The number of dihydropyridines is 1. The molecular formula is C25H31NO4. The van der Waals surface area contributed by atoms with Crippen LogP contribution in [0.3, 0.4) is 0 Å². The summed E-state index contributed by atoms with van der Waals surface area (Å²) in [5.74, 6) is -0.663. The fourth-order valence-electron chi connectivity index (χ4n) is 4.82. The summed E-state index contributed by atoms with van der Waals surface area (Å²) in [7, 11) is 0. The van der Waals surface area contributed by atoms with E-state index in [1.54, 1.807) is 0 Å². The number of carbonyl (C=O) groups excluding carboxylic acids is 2. The summed E-state index contributed by atoms with van der Waals surface area (Å²) < 4.78 is 11.3. The van der Waals surface area contributed by atoms with Gasteiger partial charge in [0.2, 0.25) is 0 Å². The average molecular weight is 410 g/mol. The number of allylic oxidation sites excluding steroid dienone is 3. The lowest BCUT2D eigenvalue weighted by molar-refractivity contribution is -0.142. The fraction of sp³-hybridized carbons (Fsp3) is 0.520. The molecule has 1 saturated heterocycles. The van der Waals surface area contributed by atoms with Gasteiger partial charge in [-0.25, -0.2) is 4.79 Å². The van der Waals surface area contributed by atoms with Crippen molar-refractivity contribution < 1.29 is 19.1 Å². The van der Waals surface area contributed by atoms with Crippen LogP contribution in [0.25, 0.3) is 0 Å². The van der Waals surface area contributed by atoms with E-state index in [0.29, 0.717) is 17.6 Å². The minimum Gasteiger partial charge on any atom is -0.459 e. The van der Waals surface area contributed by atoms with Crippen molar-refractivity contribution in [3.63, 3.8) is 0 Å². The van der Waals surface area contributed by atoms with Crippen molar-refractivity contribution in [3.05, 3.63) is 57.9 Å². The maximum Gasteiger partial charge on any atom is 0.336 e. The molecule has 1 aromatic carbocycles. The van der Waals surface area contributed by atoms with Gasteiger partial charge in [0.1, 0.15) is 6.61 Å². The van der Waals surface area contributed by atoms with Crippen LogP contribution >= 0.6 is 0 Å². The van der Waals surface area contributed by atoms with E-state index in [1.807, 2.05) is 38.1 Å². The molecule has 4 rings (SSSR count). The van der Waals surface area contributed by atoms with Crippen molar-refractivity contribution >= 4 is 11.8 Å². The molecule has 1 N–H and O–H groups in total. The van der Waals surface area contributed by atoms with Crippen molar-refractivity contribution in [1.82, 2.24) is 5.32 Å². The molecule has 0 spiro atoms. The molecule has 0 bridgehead atoms. The first kappa shape index (κ1) is 20.9. The van der Waals surface area contributed by atoms with Crippen LogP contribution in [-0.4, -0.2) is 31.1 Å². The van der Waals surface area contributed by atoms with Crippen LogP contribution in [-0.2, 0) is 19.1 Å². The zero-order valence-corrected chi connectivity index (χ0v) is 18.3. The summed E-state index contributed by atoms with van der Waals surface area (Å²) >= 11 is 0. The lowest BCUT2D eigenvalue weighted by atomic mass is 9.68. The largest absolute Gasteiger partial charge is 0.459 e. The van der Waals surface area contributed by atoms with Crippen LogP contribution in [0.1, 0.15) is 63.5 Å². The smallest absolute Gasteiger partial charge is 0.336 e. The first-order valence-electron chi connectivity index (χ1n) is 10.8. The van der Waals surface area contributed by atoms with E-state index in [2.05, 4.69) is 19.2 Å². The number of esters is 1. The third-order valence-electron chi connectivity index (χ3n) is 6.29. The van der Waals surface area contributed by atoms with Gasteiger partial charge < -0.3 is 14.8 Å². The molecule has 160 valence electrons. The van der Waals surface area contributed by atoms with Gasteiger partial charge in [-0.2, -0.15) is 0 Å². The standard InChI is InChI=1S/C25H31NO4/c1-15-7-9-17(10-8-15)22-21(24(28)30-14-18-6-5-11-29-18)16(2)26-19-12-25(3,4)13-20(27)23(19)22/h7-10,18,22,26H,5-6,11-14H2,1-4H3/t18-,22-/m0/s1. The van der Waals surface area contributed by atoms with E-state index in [-0.39, 0.29) is 29.9 Å². The molecule has 0 radical (unpaired) electrons. The van der Waals surface area contributed by atoms with Gasteiger partial charge >= 0.3 is 5.97 Å². The Hall–Kier alpha value is -2.40. The first-order valence-corrected chi connectivity index (χ1v) is 10.8. The highest BCUT2D eigenvalue weighted by molar-refractivity contribution is 6.04. The molecule has 1 aliphatic carbocycles. The predicted octanol–water partition coefficient (Wildman–Crippen LogP) is 4.32. The Morgan fingerprint density at radius 1 is 1.20 bits per heavy atom. The predicted molar refractivity (Wildman–Crippen MR) is 115 cm³/mol. The fourth-order valence-corrected chi connectivity index (χ4v) is 4.82. The highest BCUT2D eigenvalue weighted by atomic mass is 16.6. The van der Waals surface area contributed by atoms with E-state index in [9.17, 15) is 9.59 Å². The first-order chi connectivity index (χ1) is 14.2. The Labute approximate surface area is 178 Å². The summed E-state index contributed by atoms with van der Waals surface area (Å²) in [5, 5.41) is 3.38. The number of ether oxygens (including phenoxy) is 2. The Morgan fingerprint density at radius 2 is 1.93 bits per heavy atom. The average Bonchev–Trinajstić information content (AvgIpc) is 3.18. The van der Waals surface area contributed by atoms with Crippen molar-refractivity contribution in [2.75, 3.05) is 13.2 Å². The molecule has 1 fully saturated rings. The van der Waals surface area contributed by atoms with Gasteiger partial charge in [-0.15, -0.1) is 0 Å². The molecular weight excluding hydrogens is 378 g/mol. The van der Waals surface area contributed by atoms with Gasteiger partial charge in [-0.3, -0.25) is 4.79 Å². The SMILES string of the molecule is CC1=C(C(=O)OC[C@@H]2CCCO2)[C@H](c2ccc(C)cc2)C2=C(CC(C)(C)CC2=O)N1. The van der Waals surface area contributed by atoms with Gasteiger partial charge in [0.05, 0.1) is 11.7 Å². The highest BCUT2D eigenvalue weighted by Gasteiger charge is 2.43. The van der Waals surface area contributed by atoms with Crippen LogP contribution in [0.4, 0.5) is 0 Å². The Kier molecular flexibility index (Phi) is 5.58. The second-order valence-corrected chi connectivity index (χ2v) is 9.57. The molecule has 2 aliphatic heterocycles. The molecule has 0 unspecified atom stereocenters. The van der Waals surface area contributed by atoms with Gasteiger partial charge in [0, 0.05) is 35.9 Å². The molecule has 30 heavy (non-hydrogen) atoms. The number of benzene rings is 1. The minimum atomic E-state index is -0.401. The maximum atomic E-state index is 13.2. The van der Waals surface area contributed by atoms with Gasteiger partial charge in [-0.1, -0.05) is 43.7 Å². The summed E-state index contributed by atoms with van der Waals surface area (Å²) in [5.41, 5.74) is 4.94. The number of rotatable bonds is 4. The number of hydrogen-bond donors (Lipinski definition) is 1. The number of Topliss-reactive ketones (excluding diaryl/α,β-unsaturated/α-hetero) is 1. The second kappa shape index (κ2) is 8.03. The van der Waals surface area contributed by atoms with E-state index in [4.69, 9.17) is 9.47 Å². The Bertz CT molecular complexity index is 917. The summed E-state index contributed by atoms with van der Waals surface area (Å²) in [6.45, 7) is 9.13. The Balaban J connectivity index is 1.71. The molecule has 5 heteroatoms. The third-order valence-corrected chi connectivity index (χ3v) is 6.29. The van der Waals surface area contributed by atoms with E-state index < -0.39 is 5.92 Å². The number of ketones is 1. The van der Waals surface area contributed by atoms with Gasteiger partial charge in [0.15, 0.2) is 5.78 Å². The number of nitrogens with one attached hydrogen (secondary N) is 1. The third kappa shape index (κ3) is 4.08. The molecule has 0 amide bonds. The van der Waals surface area contributed by atoms with Gasteiger partial charge in [0.25, 0.3) is 0 Å². The van der Waals surface area contributed by atoms with Gasteiger partial charge in [-0.05, 0) is 44.1 Å². The van der Waals surface area contributed by atoms with Crippen molar-refractivity contribution in [3.8, 4) is 0 Å². The van der Waals surface area contributed by atoms with Crippen LogP contribution in [0, 0.1) is 12.3 Å². The van der Waals surface area contributed by atoms with Crippen LogP contribution < -0.4 is 5.32 Å². The van der Waals surface area contributed by atoms with Crippen LogP contribution in [0.2, 0.25) is 0 Å². The number of carbonyl (C=O) groups is 2. The molecule has 1 aromatic rings. The van der Waals surface area contributed by atoms with Crippen molar-refractivity contribution in [2.24, 2.45) is 5.41 Å². The highest BCUT2D eigenvalue weighted by Crippen LogP contribution is 2.46. The van der Waals surface area contributed by atoms with E-state index in [0.717, 1.165) is 48.4 Å². The molecule has 0 aromatic heterocycles.